The summed E-state index contributed by atoms with van der Waals surface area (Å²) in [5, 5.41) is 4.61. The van der Waals surface area contributed by atoms with E-state index < -0.39 is 0 Å². The first-order valence-electron chi connectivity index (χ1n) is 6.27. The van der Waals surface area contributed by atoms with Crippen LogP contribution < -0.4 is 5.32 Å². The van der Waals surface area contributed by atoms with Gasteiger partial charge in [-0.05, 0) is 30.2 Å². The predicted molar refractivity (Wildman–Crippen MR) is 75.7 cm³/mol. The first kappa shape index (κ1) is 13.2. The van der Waals surface area contributed by atoms with Crippen molar-refractivity contribution in [3.63, 3.8) is 0 Å². The van der Waals surface area contributed by atoms with Gasteiger partial charge in [0.15, 0.2) is 0 Å². The minimum atomic E-state index is 0.689. The zero-order valence-corrected chi connectivity index (χ0v) is 11.7. The Morgan fingerprint density at radius 2 is 2.06 bits per heavy atom. The van der Waals surface area contributed by atoms with E-state index in [9.17, 15) is 0 Å². The molecule has 0 saturated carbocycles. The Bertz CT molecular complexity index is 465. The number of pyridine rings is 1. The van der Waals surface area contributed by atoms with Gasteiger partial charge < -0.3 is 5.32 Å². The Morgan fingerprint density at radius 3 is 2.78 bits per heavy atom. The quantitative estimate of drug-likeness (QED) is 0.869. The van der Waals surface area contributed by atoms with Crippen LogP contribution in [-0.4, -0.2) is 16.5 Å². The fourth-order valence-corrected chi connectivity index (χ4v) is 2.60. The second-order valence-corrected chi connectivity index (χ2v) is 5.98. The van der Waals surface area contributed by atoms with Crippen LogP contribution in [0.15, 0.2) is 30.7 Å². The topological polar surface area (TPSA) is 37.8 Å². The second kappa shape index (κ2) is 6.61. The van der Waals surface area contributed by atoms with E-state index in [4.69, 9.17) is 0 Å². The maximum Gasteiger partial charge on any atom is 0.0972 e. The number of hydrogen-bond acceptors (Lipinski definition) is 4. The lowest BCUT2D eigenvalue weighted by Gasteiger charge is -2.04. The lowest BCUT2D eigenvalue weighted by atomic mass is 10.2. The van der Waals surface area contributed by atoms with Gasteiger partial charge in [0.05, 0.1) is 5.01 Å². The molecule has 0 aromatic carbocycles. The van der Waals surface area contributed by atoms with Crippen molar-refractivity contribution in [3.8, 4) is 0 Å². The van der Waals surface area contributed by atoms with Crippen molar-refractivity contribution in [2.45, 2.75) is 26.8 Å². The normalized spacial score (nSPS) is 11.1. The van der Waals surface area contributed by atoms with E-state index in [1.54, 1.807) is 11.3 Å². The van der Waals surface area contributed by atoms with Gasteiger partial charge in [-0.1, -0.05) is 13.8 Å². The van der Waals surface area contributed by atoms with E-state index in [1.165, 1.54) is 15.4 Å². The first-order chi connectivity index (χ1) is 8.74. The van der Waals surface area contributed by atoms with Gasteiger partial charge in [0.25, 0.3) is 0 Å². The zero-order valence-electron chi connectivity index (χ0n) is 10.9. The van der Waals surface area contributed by atoms with Gasteiger partial charge in [-0.2, -0.15) is 0 Å². The number of nitrogens with one attached hydrogen (secondary N) is 1. The summed E-state index contributed by atoms with van der Waals surface area (Å²) in [6, 6.07) is 4.08. The van der Waals surface area contributed by atoms with E-state index >= 15 is 0 Å². The van der Waals surface area contributed by atoms with Gasteiger partial charge in [-0.15, -0.1) is 11.3 Å². The lowest BCUT2D eigenvalue weighted by Crippen LogP contribution is -2.18. The largest absolute Gasteiger partial charge is 0.312 e. The van der Waals surface area contributed by atoms with Crippen molar-refractivity contribution < 1.29 is 0 Å². The summed E-state index contributed by atoms with van der Waals surface area (Å²) in [4.78, 5) is 9.79. The second-order valence-electron chi connectivity index (χ2n) is 4.78. The van der Waals surface area contributed by atoms with Crippen LogP contribution >= 0.6 is 11.3 Å². The zero-order chi connectivity index (χ0) is 12.8. The summed E-state index contributed by atoms with van der Waals surface area (Å²) in [6.07, 6.45) is 6.54. The van der Waals surface area contributed by atoms with Gasteiger partial charge in [-0.3, -0.25) is 4.98 Å². The predicted octanol–water partition coefficient (Wildman–Crippen LogP) is 2.87. The smallest absolute Gasteiger partial charge is 0.0972 e. The molecule has 4 heteroatoms. The maximum absolute atomic E-state index is 4.47. The minimum Gasteiger partial charge on any atom is -0.312 e. The summed E-state index contributed by atoms with van der Waals surface area (Å²) in [7, 11) is 0. The Hall–Kier alpha value is -1.26. The van der Waals surface area contributed by atoms with Crippen LogP contribution in [-0.2, 0) is 13.0 Å². The van der Waals surface area contributed by atoms with Gasteiger partial charge in [0.1, 0.15) is 0 Å². The number of hydrogen-bond donors (Lipinski definition) is 1. The molecule has 0 aliphatic heterocycles. The van der Waals surface area contributed by atoms with Crippen LogP contribution in [0.3, 0.4) is 0 Å². The number of nitrogens with zero attached hydrogens (tertiary/aromatic N) is 2. The van der Waals surface area contributed by atoms with Gasteiger partial charge in [0.2, 0.25) is 0 Å². The Labute approximate surface area is 112 Å². The molecule has 96 valence electrons. The van der Waals surface area contributed by atoms with Crippen molar-refractivity contribution in [3.05, 3.63) is 46.2 Å². The fraction of sp³-hybridized carbons (Fsp3) is 0.429. The SMILES string of the molecule is CC(C)CNCc1cnc(Cc2ccncc2)s1. The molecular formula is C14H19N3S. The minimum absolute atomic E-state index is 0.689. The number of aromatic nitrogens is 2. The molecule has 2 aromatic rings. The highest BCUT2D eigenvalue weighted by Gasteiger charge is 2.03. The lowest BCUT2D eigenvalue weighted by molar-refractivity contribution is 0.554. The van der Waals surface area contributed by atoms with E-state index in [0.29, 0.717) is 5.92 Å². The summed E-state index contributed by atoms with van der Waals surface area (Å²) in [5.41, 5.74) is 1.26. The van der Waals surface area contributed by atoms with E-state index in [0.717, 1.165) is 19.5 Å². The van der Waals surface area contributed by atoms with Crippen LogP contribution in [0.25, 0.3) is 0 Å². The van der Waals surface area contributed by atoms with Crippen molar-refractivity contribution in [2.75, 3.05) is 6.54 Å². The molecule has 0 aliphatic carbocycles. The average molecular weight is 261 g/mol. The molecule has 0 atom stereocenters. The van der Waals surface area contributed by atoms with Crippen LogP contribution in [0.4, 0.5) is 0 Å². The van der Waals surface area contributed by atoms with Crippen molar-refractivity contribution >= 4 is 11.3 Å². The average Bonchev–Trinajstić information content (AvgIpc) is 2.78. The number of rotatable bonds is 6. The molecular weight excluding hydrogens is 242 g/mol. The molecule has 18 heavy (non-hydrogen) atoms. The van der Waals surface area contributed by atoms with Crippen LogP contribution in [0, 0.1) is 5.92 Å². The Kier molecular flexibility index (Phi) is 4.84. The first-order valence-corrected chi connectivity index (χ1v) is 7.09. The van der Waals surface area contributed by atoms with Crippen molar-refractivity contribution in [1.82, 2.24) is 15.3 Å². The van der Waals surface area contributed by atoms with E-state index in [-0.39, 0.29) is 0 Å². The van der Waals surface area contributed by atoms with E-state index in [1.807, 2.05) is 30.7 Å². The van der Waals surface area contributed by atoms with Crippen molar-refractivity contribution in [2.24, 2.45) is 5.92 Å². The molecule has 0 saturated heterocycles. The molecule has 3 nitrogen and oxygen atoms in total. The third kappa shape index (κ3) is 4.20. The maximum atomic E-state index is 4.47. The van der Waals surface area contributed by atoms with Gasteiger partial charge in [-0.25, -0.2) is 4.98 Å². The van der Waals surface area contributed by atoms with E-state index in [2.05, 4.69) is 29.1 Å². The molecule has 2 heterocycles. The summed E-state index contributed by atoms with van der Waals surface area (Å²) in [5.74, 6) is 0.689. The molecule has 0 spiro atoms. The Morgan fingerprint density at radius 1 is 1.28 bits per heavy atom. The molecule has 0 aliphatic rings. The van der Waals surface area contributed by atoms with Crippen LogP contribution in [0.5, 0.6) is 0 Å². The highest BCUT2D eigenvalue weighted by atomic mass is 32.1. The third-order valence-corrected chi connectivity index (χ3v) is 3.56. The van der Waals surface area contributed by atoms with Gasteiger partial charge in [0, 0.05) is 36.4 Å². The van der Waals surface area contributed by atoms with Crippen LogP contribution in [0.2, 0.25) is 0 Å². The highest BCUT2D eigenvalue weighted by Crippen LogP contribution is 2.16. The summed E-state index contributed by atoms with van der Waals surface area (Å²) >= 11 is 1.79. The molecule has 0 radical (unpaired) electrons. The third-order valence-electron chi connectivity index (χ3n) is 2.56. The summed E-state index contributed by atoms with van der Waals surface area (Å²) < 4.78 is 0. The highest BCUT2D eigenvalue weighted by molar-refractivity contribution is 7.11. The van der Waals surface area contributed by atoms with Gasteiger partial charge >= 0.3 is 0 Å². The van der Waals surface area contributed by atoms with Crippen LogP contribution in [0.1, 0.15) is 29.3 Å². The Balaban J connectivity index is 1.86. The molecule has 2 rings (SSSR count). The molecule has 1 N–H and O–H groups in total. The molecule has 0 amide bonds. The van der Waals surface area contributed by atoms with Crippen molar-refractivity contribution in [1.29, 1.82) is 0 Å². The fourth-order valence-electron chi connectivity index (χ4n) is 1.67. The summed E-state index contributed by atoms with van der Waals surface area (Å²) in [6.45, 7) is 6.41. The standard InChI is InChI=1S/C14H19N3S/c1-11(2)8-16-9-13-10-17-14(18-13)7-12-3-5-15-6-4-12/h3-6,10-11,16H,7-9H2,1-2H3. The number of thiazole rings is 1. The molecule has 0 bridgehead atoms. The molecule has 0 unspecified atom stereocenters. The molecule has 2 aromatic heterocycles. The molecule has 0 fully saturated rings. The monoisotopic (exact) mass is 261 g/mol.